The maximum atomic E-state index is 12.5. The summed E-state index contributed by atoms with van der Waals surface area (Å²) in [5, 5.41) is 3.07. The Morgan fingerprint density at radius 3 is 2.64 bits per heavy atom. The normalized spacial score (nSPS) is 20.5. The minimum Gasteiger partial charge on any atom is -0.353 e. The zero-order chi connectivity index (χ0) is 19.7. The molecule has 2 aliphatic rings. The fourth-order valence-corrected chi connectivity index (χ4v) is 4.77. The topological polar surface area (TPSA) is 53.4 Å². The van der Waals surface area contributed by atoms with Gasteiger partial charge in [-0.05, 0) is 57.0 Å². The van der Waals surface area contributed by atoms with E-state index in [4.69, 9.17) is 0 Å². The van der Waals surface area contributed by atoms with Crippen molar-refractivity contribution < 1.29 is 4.79 Å². The predicted molar refractivity (Wildman–Crippen MR) is 110 cm³/mol. The maximum absolute atomic E-state index is 12.5. The van der Waals surface area contributed by atoms with Crippen LogP contribution in [0, 0.1) is 13.8 Å². The Kier molecular flexibility index (Phi) is 5.25. The highest BCUT2D eigenvalue weighted by Gasteiger charge is 2.46. The molecule has 2 saturated heterocycles. The highest BCUT2D eigenvalue weighted by molar-refractivity contribution is 5.87. The highest BCUT2D eigenvalue weighted by Crippen LogP contribution is 2.31. The Labute approximate surface area is 167 Å². The molecule has 2 aliphatic heterocycles. The summed E-state index contributed by atoms with van der Waals surface area (Å²) in [6, 6.07) is 6.43. The second-order valence-electron chi connectivity index (χ2n) is 8.33. The lowest BCUT2D eigenvalue weighted by atomic mass is 9.83. The molecule has 1 amide bonds. The summed E-state index contributed by atoms with van der Waals surface area (Å²) in [6.07, 6.45) is 5.57. The number of piperazine rings is 1. The second kappa shape index (κ2) is 7.68. The summed E-state index contributed by atoms with van der Waals surface area (Å²) in [7, 11) is 2.10. The molecule has 28 heavy (non-hydrogen) atoms. The van der Waals surface area contributed by atoms with Gasteiger partial charge >= 0.3 is 0 Å². The number of rotatable bonds is 4. The van der Waals surface area contributed by atoms with Gasteiger partial charge in [0.25, 0.3) is 0 Å². The highest BCUT2D eigenvalue weighted by atomic mass is 16.2. The van der Waals surface area contributed by atoms with Crippen LogP contribution >= 0.6 is 0 Å². The first kappa shape index (κ1) is 19.2. The van der Waals surface area contributed by atoms with Gasteiger partial charge in [0.2, 0.25) is 5.91 Å². The number of aromatic nitrogens is 2. The van der Waals surface area contributed by atoms with E-state index < -0.39 is 0 Å². The molecule has 4 heterocycles. The molecular weight excluding hydrogens is 350 g/mol. The van der Waals surface area contributed by atoms with Gasteiger partial charge in [-0.15, -0.1) is 0 Å². The quantitative estimate of drug-likeness (QED) is 0.880. The van der Waals surface area contributed by atoms with Crippen molar-refractivity contribution in [2.24, 2.45) is 0 Å². The van der Waals surface area contributed by atoms with E-state index in [9.17, 15) is 4.79 Å². The predicted octanol–water partition coefficient (Wildman–Crippen LogP) is 1.94. The van der Waals surface area contributed by atoms with Gasteiger partial charge in [0.05, 0.1) is 0 Å². The molecular formula is C22H31N5O. The van der Waals surface area contributed by atoms with Crippen molar-refractivity contribution in [2.45, 2.75) is 45.3 Å². The average Bonchev–Trinajstić information content (AvgIpc) is 2.96. The molecule has 0 radical (unpaired) electrons. The molecule has 2 aromatic heterocycles. The monoisotopic (exact) mass is 381 g/mol. The van der Waals surface area contributed by atoms with E-state index in [1.807, 2.05) is 18.5 Å². The molecule has 0 aromatic carbocycles. The van der Waals surface area contributed by atoms with Crippen LogP contribution in [0.5, 0.6) is 0 Å². The van der Waals surface area contributed by atoms with Crippen LogP contribution in [-0.2, 0) is 17.9 Å². The summed E-state index contributed by atoms with van der Waals surface area (Å²) in [5.41, 5.74) is 4.93. The fraction of sp³-hybridized carbons (Fsp3) is 0.545. The van der Waals surface area contributed by atoms with Crippen molar-refractivity contribution in [1.29, 1.82) is 0 Å². The van der Waals surface area contributed by atoms with E-state index in [2.05, 4.69) is 57.7 Å². The van der Waals surface area contributed by atoms with Crippen LogP contribution in [0.25, 0.3) is 0 Å². The van der Waals surface area contributed by atoms with Gasteiger partial charge < -0.3 is 9.88 Å². The molecule has 4 rings (SSSR count). The van der Waals surface area contributed by atoms with Crippen molar-refractivity contribution >= 4 is 5.91 Å². The first-order valence-corrected chi connectivity index (χ1v) is 10.3. The number of amides is 1. The van der Waals surface area contributed by atoms with Crippen LogP contribution in [0.15, 0.2) is 30.6 Å². The molecule has 0 bridgehead atoms. The molecule has 0 unspecified atom stereocenters. The van der Waals surface area contributed by atoms with Crippen LogP contribution < -0.4 is 5.32 Å². The van der Waals surface area contributed by atoms with Gasteiger partial charge in [0.1, 0.15) is 5.54 Å². The third-order valence-electron chi connectivity index (χ3n) is 6.71. The molecule has 0 saturated carbocycles. The van der Waals surface area contributed by atoms with Gasteiger partial charge in [0.15, 0.2) is 0 Å². The van der Waals surface area contributed by atoms with Gasteiger partial charge in [-0.1, -0.05) is 6.07 Å². The average molecular weight is 382 g/mol. The third kappa shape index (κ3) is 3.47. The molecule has 1 spiro atoms. The number of likely N-dealkylation sites (tertiary alicyclic amines) is 1. The van der Waals surface area contributed by atoms with Crippen LogP contribution in [0.3, 0.4) is 0 Å². The van der Waals surface area contributed by atoms with Crippen molar-refractivity contribution in [3.8, 4) is 0 Å². The number of hydrogen-bond acceptors (Lipinski definition) is 4. The molecule has 1 N–H and O–H groups in total. The third-order valence-corrected chi connectivity index (χ3v) is 6.71. The SMILES string of the molecule is Cc1cc(CN2CCC3(CC2)C(=O)NCCN3C)c(C)n1Cc1cccnc1. The first-order chi connectivity index (χ1) is 13.5. The standard InChI is InChI=1S/C22H31N5O/c1-17-13-20(18(2)27(17)15-19-5-4-8-23-14-19)16-26-10-6-22(7-11-26)21(28)24-9-12-25(22)3/h4-5,8,13-14H,6-7,9-12,15-16H2,1-3H3,(H,24,28). The Hall–Kier alpha value is -2.18. The molecule has 0 aliphatic carbocycles. The largest absolute Gasteiger partial charge is 0.353 e. The van der Waals surface area contributed by atoms with Crippen molar-refractivity contribution in [3.05, 3.63) is 53.1 Å². The van der Waals surface area contributed by atoms with Crippen LogP contribution in [0.2, 0.25) is 0 Å². The summed E-state index contributed by atoms with van der Waals surface area (Å²) < 4.78 is 2.38. The first-order valence-electron chi connectivity index (χ1n) is 10.3. The Morgan fingerprint density at radius 1 is 1.18 bits per heavy atom. The number of likely N-dealkylation sites (N-methyl/N-ethyl adjacent to an activating group) is 1. The zero-order valence-electron chi connectivity index (χ0n) is 17.2. The summed E-state index contributed by atoms with van der Waals surface area (Å²) in [4.78, 5) is 21.5. The lowest BCUT2D eigenvalue weighted by molar-refractivity contribution is -0.140. The second-order valence-corrected chi connectivity index (χ2v) is 8.33. The minimum atomic E-state index is -0.300. The number of aryl methyl sites for hydroxylation is 1. The van der Waals surface area contributed by atoms with E-state index in [0.717, 1.165) is 52.1 Å². The Balaban J connectivity index is 1.43. The Bertz CT molecular complexity index is 836. The lowest BCUT2D eigenvalue weighted by Crippen LogP contribution is -2.66. The number of nitrogens with one attached hydrogen (secondary N) is 1. The van der Waals surface area contributed by atoms with Gasteiger partial charge in [0, 0.05) is 63.1 Å². The fourth-order valence-electron chi connectivity index (χ4n) is 4.77. The molecule has 150 valence electrons. The minimum absolute atomic E-state index is 0.218. The summed E-state index contributed by atoms with van der Waals surface area (Å²) >= 11 is 0. The van der Waals surface area contributed by atoms with Crippen LogP contribution in [0.1, 0.15) is 35.4 Å². The lowest BCUT2D eigenvalue weighted by Gasteiger charge is -2.48. The number of piperidine rings is 1. The van der Waals surface area contributed by atoms with Crippen LogP contribution in [-0.4, -0.2) is 64.0 Å². The molecule has 6 heteroatoms. The van der Waals surface area contributed by atoms with Crippen molar-refractivity contribution in [3.63, 3.8) is 0 Å². The summed E-state index contributed by atoms with van der Waals surface area (Å²) in [6.45, 7) is 9.85. The number of nitrogens with zero attached hydrogens (tertiary/aromatic N) is 4. The molecule has 0 atom stereocenters. The van der Waals surface area contributed by atoms with Gasteiger partial charge in [-0.25, -0.2) is 0 Å². The van der Waals surface area contributed by atoms with E-state index in [1.165, 1.54) is 22.5 Å². The number of carbonyl (C=O) groups excluding carboxylic acids is 1. The van der Waals surface area contributed by atoms with Gasteiger partial charge in [-0.3, -0.25) is 19.6 Å². The smallest absolute Gasteiger partial charge is 0.240 e. The van der Waals surface area contributed by atoms with E-state index in [-0.39, 0.29) is 11.4 Å². The Morgan fingerprint density at radius 2 is 1.96 bits per heavy atom. The van der Waals surface area contributed by atoms with E-state index in [0.29, 0.717) is 0 Å². The summed E-state index contributed by atoms with van der Waals surface area (Å²) in [5.74, 6) is 0.218. The van der Waals surface area contributed by atoms with E-state index >= 15 is 0 Å². The molecule has 2 fully saturated rings. The van der Waals surface area contributed by atoms with Gasteiger partial charge in [-0.2, -0.15) is 0 Å². The van der Waals surface area contributed by atoms with Crippen molar-refractivity contribution in [2.75, 3.05) is 33.2 Å². The number of hydrogen-bond donors (Lipinski definition) is 1. The molecule has 6 nitrogen and oxygen atoms in total. The van der Waals surface area contributed by atoms with Crippen molar-refractivity contribution in [1.82, 2.24) is 24.7 Å². The molecule has 2 aromatic rings. The van der Waals surface area contributed by atoms with E-state index in [1.54, 1.807) is 0 Å². The zero-order valence-corrected chi connectivity index (χ0v) is 17.2. The maximum Gasteiger partial charge on any atom is 0.240 e. The number of pyridine rings is 1. The number of carbonyl (C=O) groups is 1. The van der Waals surface area contributed by atoms with Crippen LogP contribution in [0.4, 0.5) is 0 Å².